The van der Waals surface area contributed by atoms with Gasteiger partial charge in [-0.25, -0.2) is 4.98 Å². The van der Waals surface area contributed by atoms with Crippen molar-refractivity contribution in [3.8, 4) is 0 Å². The summed E-state index contributed by atoms with van der Waals surface area (Å²) in [5, 5.41) is 19.6. The second-order valence-electron chi connectivity index (χ2n) is 4.99. The molecule has 1 aromatic heterocycles. The van der Waals surface area contributed by atoms with E-state index in [0.717, 1.165) is 45.0 Å². The second-order valence-corrected chi connectivity index (χ2v) is 4.99. The number of pyridine rings is 1. The fourth-order valence-corrected chi connectivity index (χ4v) is 2.39. The Bertz CT molecular complexity index is 473. The minimum Gasteiger partial charge on any atom is -0.396 e. The zero-order valence-corrected chi connectivity index (χ0v) is 11.7. The summed E-state index contributed by atoms with van der Waals surface area (Å²) in [6.07, 6.45) is 2.14. The first-order valence-corrected chi connectivity index (χ1v) is 6.81. The number of rotatable bonds is 5. The number of hydrogen-bond acceptors (Lipinski definition) is 6. The van der Waals surface area contributed by atoms with Crippen molar-refractivity contribution >= 4 is 11.5 Å². The van der Waals surface area contributed by atoms with Gasteiger partial charge in [0, 0.05) is 44.9 Å². The Labute approximate surface area is 118 Å². The van der Waals surface area contributed by atoms with E-state index in [2.05, 4.69) is 14.8 Å². The highest BCUT2D eigenvalue weighted by molar-refractivity contribution is 5.48. The third-order valence-corrected chi connectivity index (χ3v) is 3.59. The molecule has 0 spiro atoms. The Morgan fingerprint density at radius 3 is 2.65 bits per heavy atom. The lowest BCUT2D eigenvalue weighted by Gasteiger charge is -2.35. The molecule has 2 heterocycles. The van der Waals surface area contributed by atoms with E-state index in [9.17, 15) is 10.1 Å². The molecule has 0 saturated carbocycles. The number of aromatic nitrogens is 1. The predicted octanol–water partition coefficient (Wildman–Crippen LogP) is 0.803. The average Bonchev–Trinajstić information content (AvgIpc) is 2.45. The van der Waals surface area contributed by atoms with Gasteiger partial charge >= 0.3 is 0 Å². The molecule has 1 aliphatic rings. The summed E-state index contributed by atoms with van der Waals surface area (Å²) in [7, 11) is 0. The van der Waals surface area contributed by atoms with Gasteiger partial charge in [0.2, 0.25) is 0 Å². The van der Waals surface area contributed by atoms with Crippen molar-refractivity contribution in [3.63, 3.8) is 0 Å². The second kappa shape index (κ2) is 6.62. The van der Waals surface area contributed by atoms with Gasteiger partial charge in [0.1, 0.15) is 12.0 Å². The van der Waals surface area contributed by atoms with Crippen LogP contribution in [0.3, 0.4) is 0 Å². The van der Waals surface area contributed by atoms with Crippen LogP contribution in [-0.4, -0.2) is 59.2 Å². The highest BCUT2D eigenvalue weighted by Crippen LogP contribution is 2.22. The Morgan fingerprint density at radius 1 is 1.40 bits per heavy atom. The zero-order valence-electron chi connectivity index (χ0n) is 11.7. The van der Waals surface area contributed by atoms with Gasteiger partial charge in [0.25, 0.3) is 5.69 Å². The van der Waals surface area contributed by atoms with Gasteiger partial charge in [0.05, 0.1) is 4.92 Å². The molecule has 7 heteroatoms. The molecule has 0 radical (unpaired) electrons. The van der Waals surface area contributed by atoms with Gasteiger partial charge in [-0.2, -0.15) is 0 Å². The maximum atomic E-state index is 10.8. The molecule has 1 fully saturated rings. The first-order chi connectivity index (χ1) is 9.61. The van der Waals surface area contributed by atoms with E-state index in [1.165, 1.54) is 6.20 Å². The van der Waals surface area contributed by atoms with Gasteiger partial charge in [-0.05, 0) is 19.4 Å². The lowest BCUT2D eigenvalue weighted by Crippen LogP contribution is -2.47. The summed E-state index contributed by atoms with van der Waals surface area (Å²) in [4.78, 5) is 19.0. The van der Waals surface area contributed by atoms with Crippen molar-refractivity contribution in [1.82, 2.24) is 9.88 Å². The Kier molecular flexibility index (Phi) is 4.86. The molecule has 7 nitrogen and oxygen atoms in total. The monoisotopic (exact) mass is 280 g/mol. The Balaban J connectivity index is 1.97. The predicted molar refractivity (Wildman–Crippen MR) is 76.0 cm³/mol. The van der Waals surface area contributed by atoms with E-state index in [0.29, 0.717) is 5.56 Å². The number of hydrogen-bond donors (Lipinski definition) is 1. The minimum atomic E-state index is -0.404. The van der Waals surface area contributed by atoms with Gasteiger partial charge in [-0.15, -0.1) is 0 Å². The van der Waals surface area contributed by atoms with E-state index in [-0.39, 0.29) is 12.3 Å². The maximum absolute atomic E-state index is 10.8. The Hall–Kier alpha value is -1.73. The van der Waals surface area contributed by atoms with Crippen LogP contribution in [0.4, 0.5) is 11.5 Å². The van der Waals surface area contributed by atoms with Crippen LogP contribution in [0.2, 0.25) is 0 Å². The van der Waals surface area contributed by atoms with Crippen molar-refractivity contribution in [2.24, 2.45) is 0 Å². The first-order valence-electron chi connectivity index (χ1n) is 6.81. The zero-order chi connectivity index (χ0) is 14.5. The maximum Gasteiger partial charge on any atom is 0.290 e. The third-order valence-electron chi connectivity index (χ3n) is 3.59. The van der Waals surface area contributed by atoms with Crippen LogP contribution in [0.25, 0.3) is 0 Å². The standard InChI is InChI=1S/C13H20N4O3/c1-11-9-13(14-10-12(11)17(19)20)16-6-4-15(5-7-16)3-2-8-18/h9-10,18H,2-8H2,1H3. The largest absolute Gasteiger partial charge is 0.396 e. The van der Waals surface area contributed by atoms with Crippen molar-refractivity contribution in [2.75, 3.05) is 44.2 Å². The molecule has 2 rings (SSSR count). The summed E-state index contributed by atoms with van der Waals surface area (Å²) in [5.41, 5.74) is 0.707. The number of aryl methyl sites for hydroxylation is 1. The first kappa shape index (κ1) is 14.7. The number of anilines is 1. The number of nitro groups is 1. The molecule has 1 aliphatic heterocycles. The lowest BCUT2D eigenvalue weighted by molar-refractivity contribution is -0.385. The molecule has 0 unspecified atom stereocenters. The molecular formula is C13H20N4O3. The van der Waals surface area contributed by atoms with E-state index in [1.54, 1.807) is 13.0 Å². The summed E-state index contributed by atoms with van der Waals surface area (Å²) < 4.78 is 0. The number of aliphatic hydroxyl groups is 1. The highest BCUT2D eigenvalue weighted by atomic mass is 16.6. The molecule has 1 N–H and O–H groups in total. The van der Waals surface area contributed by atoms with Crippen LogP contribution in [0.15, 0.2) is 12.3 Å². The molecule has 0 aromatic carbocycles. The molecule has 1 saturated heterocycles. The lowest BCUT2D eigenvalue weighted by atomic mass is 10.2. The molecule has 0 amide bonds. The number of piperazine rings is 1. The van der Waals surface area contributed by atoms with Crippen molar-refractivity contribution in [2.45, 2.75) is 13.3 Å². The number of nitrogens with zero attached hydrogens (tertiary/aromatic N) is 4. The molecule has 20 heavy (non-hydrogen) atoms. The SMILES string of the molecule is Cc1cc(N2CCN(CCCO)CC2)ncc1[N+](=O)[O-]. The van der Waals surface area contributed by atoms with Crippen LogP contribution in [-0.2, 0) is 0 Å². The summed E-state index contributed by atoms with van der Waals surface area (Å²) in [6.45, 7) is 6.45. The normalized spacial score (nSPS) is 16.4. The average molecular weight is 280 g/mol. The van der Waals surface area contributed by atoms with Crippen LogP contribution in [0.1, 0.15) is 12.0 Å². The quantitative estimate of drug-likeness (QED) is 0.634. The van der Waals surface area contributed by atoms with E-state index < -0.39 is 4.92 Å². The summed E-state index contributed by atoms with van der Waals surface area (Å²) >= 11 is 0. The summed E-state index contributed by atoms with van der Waals surface area (Å²) in [5.74, 6) is 0.801. The van der Waals surface area contributed by atoms with Crippen molar-refractivity contribution in [1.29, 1.82) is 0 Å². The fraction of sp³-hybridized carbons (Fsp3) is 0.615. The molecule has 0 aliphatic carbocycles. The van der Waals surface area contributed by atoms with Gasteiger partial charge in [0.15, 0.2) is 0 Å². The van der Waals surface area contributed by atoms with E-state index in [4.69, 9.17) is 5.11 Å². The van der Waals surface area contributed by atoms with Crippen LogP contribution < -0.4 is 4.90 Å². The fourth-order valence-electron chi connectivity index (χ4n) is 2.39. The minimum absolute atomic E-state index is 0.0651. The molecular weight excluding hydrogens is 260 g/mol. The van der Waals surface area contributed by atoms with Crippen molar-refractivity contribution in [3.05, 3.63) is 27.9 Å². The van der Waals surface area contributed by atoms with Gasteiger partial charge in [-0.1, -0.05) is 0 Å². The Morgan fingerprint density at radius 2 is 2.10 bits per heavy atom. The van der Waals surface area contributed by atoms with Crippen molar-refractivity contribution < 1.29 is 10.0 Å². The smallest absolute Gasteiger partial charge is 0.290 e. The highest BCUT2D eigenvalue weighted by Gasteiger charge is 2.19. The van der Waals surface area contributed by atoms with Crippen LogP contribution in [0, 0.1) is 17.0 Å². The van der Waals surface area contributed by atoms with Gasteiger partial charge < -0.3 is 10.0 Å². The molecule has 110 valence electrons. The molecule has 0 bridgehead atoms. The van der Waals surface area contributed by atoms with Crippen LogP contribution >= 0.6 is 0 Å². The van der Waals surface area contributed by atoms with Crippen LogP contribution in [0.5, 0.6) is 0 Å². The van der Waals surface area contributed by atoms with E-state index >= 15 is 0 Å². The van der Waals surface area contributed by atoms with Gasteiger partial charge in [-0.3, -0.25) is 15.0 Å². The topological polar surface area (TPSA) is 82.7 Å². The summed E-state index contributed by atoms with van der Waals surface area (Å²) in [6, 6.07) is 1.78. The third kappa shape index (κ3) is 3.43. The molecule has 1 aromatic rings. The number of aliphatic hydroxyl groups excluding tert-OH is 1. The van der Waals surface area contributed by atoms with E-state index in [1.807, 2.05) is 0 Å². The molecule has 0 atom stereocenters.